The number of rotatable bonds is 5. The lowest BCUT2D eigenvalue weighted by Crippen LogP contribution is -2.34. The van der Waals surface area contributed by atoms with Crippen molar-refractivity contribution >= 4 is 11.6 Å². The van der Waals surface area contributed by atoms with Gasteiger partial charge in [-0.25, -0.2) is 0 Å². The van der Waals surface area contributed by atoms with Crippen molar-refractivity contribution in [2.75, 3.05) is 6.54 Å². The molecule has 6 nitrogen and oxygen atoms in total. The molecule has 1 heterocycles. The standard InChI is InChI=1S/C15H21N3O3/c1-4-8-17-14(16-13(10(2)3)15(17)19)11-6-5-7-12(9-11)18(20)21/h5-7,9-10,13-14,16H,4,8H2,1-3H3. The summed E-state index contributed by atoms with van der Waals surface area (Å²) < 4.78 is 0. The van der Waals surface area contributed by atoms with Crippen molar-refractivity contribution in [3.63, 3.8) is 0 Å². The number of carbonyl (C=O) groups is 1. The van der Waals surface area contributed by atoms with Gasteiger partial charge in [-0.2, -0.15) is 0 Å². The molecular weight excluding hydrogens is 270 g/mol. The Balaban J connectivity index is 2.34. The molecule has 6 heteroatoms. The van der Waals surface area contributed by atoms with E-state index in [2.05, 4.69) is 5.32 Å². The van der Waals surface area contributed by atoms with E-state index in [1.807, 2.05) is 26.8 Å². The monoisotopic (exact) mass is 291 g/mol. The molecule has 0 radical (unpaired) electrons. The molecule has 1 amide bonds. The highest BCUT2D eigenvalue weighted by Gasteiger charge is 2.40. The van der Waals surface area contributed by atoms with Gasteiger partial charge in [0.25, 0.3) is 5.69 Å². The number of benzene rings is 1. The minimum Gasteiger partial charge on any atom is -0.322 e. The van der Waals surface area contributed by atoms with Crippen molar-refractivity contribution in [2.45, 2.75) is 39.4 Å². The Labute approximate surface area is 124 Å². The summed E-state index contributed by atoms with van der Waals surface area (Å²) in [4.78, 5) is 24.8. The number of nitro benzene ring substituents is 1. The minimum atomic E-state index is -0.412. The zero-order valence-electron chi connectivity index (χ0n) is 12.6. The van der Waals surface area contributed by atoms with Crippen LogP contribution in [0.1, 0.15) is 38.9 Å². The molecule has 0 bridgehead atoms. The van der Waals surface area contributed by atoms with Crippen molar-refractivity contribution in [1.82, 2.24) is 10.2 Å². The van der Waals surface area contributed by atoms with E-state index in [0.717, 1.165) is 12.0 Å². The van der Waals surface area contributed by atoms with Crippen LogP contribution in [0.25, 0.3) is 0 Å². The van der Waals surface area contributed by atoms with E-state index < -0.39 is 4.92 Å². The maximum Gasteiger partial charge on any atom is 0.269 e. The Morgan fingerprint density at radius 2 is 2.14 bits per heavy atom. The number of hydrogen-bond donors (Lipinski definition) is 1. The lowest BCUT2D eigenvalue weighted by Gasteiger charge is -2.23. The molecule has 0 aromatic heterocycles. The van der Waals surface area contributed by atoms with Gasteiger partial charge < -0.3 is 4.90 Å². The number of carbonyl (C=O) groups excluding carboxylic acids is 1. The van der Waals surface area contributed by atoms with Gasteiger partial charge in [0.15, 0.2) is 0 Å². The lowest BCUT2D eigenvalue weighted by atomic mass is 10.1. The predicted octanol–water partition coefficient (Wildman–Crippen LogP) is 2.46. The smallest absolute Gasteiger partial charge is 0.269 e. The molecule has 1 N–H and O–H groups in total. The highest BCUT2D eigenvalue weighted by atomic mass is 16.6. The normalized spacial score (nSPS) is 22.1. The van der Waals surface area contributed by atoms with Crippen LogP contribution in [0.5, 0.6) is 0 Å². The number of nitrogens with zero attached hydrogens (tertiary/aromatic N) is 2. The highest BCUT2D eigenvalue weighted by molar-refractivity contribution is 5.84. The summed E-state index contributed by atoms with van der Waals surface area (Å²) >= 11 is 0. The van der Waals surface area contributed by atoms with Crippen molar-refractivity contribution in [2.24, 2.45) is 5.92 Å². The van der Waals surface area contributed by atoms with E-state index in [4.69, 9.17) is 0 Å². The van der Waals surface area contributed by atoms with Gasteiger partial charge in [-0.1, -0.05) is 32.9 Å². The molecule has 1 fully saturated rings. The Hall–Kier alpha value is -1.95. The van der Waals surface area contributed by atoms with Gasteiger partial charge in [-0.15, -0.1) is 0 Å². The van der Waals surface area contributed by atoms with E-state index in [0.29, 0.717) is 6.54 Å². The minimum absolute atomic E-state index is 0.0474. The van der Waals surface area contributed by atoms with Crippen LogP contribution in [-0.4, -0.2) is 28.3 Å². The maximum absolute atomic E-state index is 12.5. The topological polar surface area (TPSA) is 75.5 Å². The zero-order valence-corrected chi connectivity index (χ0v) is 12.6. The number of nitro groups is 1. The third-order valence-corrected chi connectivity index (χ3v) is 3.73. The number of nitrogens with one attached hydrogen (secondary N) is 1. The second-order valence-electron chi connectivity index (χ2n) is 5.67. The first-order chi connectivity index (χ1) is 9.95. The molecule has 2 rings (SSSR count). The Kier molecular flexibility index (Phi) is 4.57. The van der Waals surface area contributed by atoms with Crippen molar-refractivity contribution in [1.29, 1.82) is 0 Å². The number of non-ortho nitro benzene ring substituents is 1. The predicted molar refractivity (Wildman–Crippen MR) is 79.6 cm³/mol. The molecule has 1 aliphatic rings. The fraction of sp³-hybridized carbons (Fsp3) is 0.533. The quantitative estimate of drug-likeness (QED) is 0.668. The first-order valence-electron chi connectivity index (χ1n) is 7.26. The highest BCUT2D eigenvalue weighted by Crippen LogP contribution is 2.29. The van der Waals surface area contributed by atoms with E-state index >= 15 is 0 Å². The average Bonchev–Trinajstić information content (AvgIpc) is 2.77. The third kappa shape index (κ3) is 3.05. The van der Waals surface area contributed by atoms with Crippen LogP contribution >= 0.6 is 0 Å². The van der Waals surface area contributed by atoms with Crippen molar-refractivity contribution < 1.29 is 9.72 Å². The summed E-state index contributed by atoms with van der Waals surface area (Å²) in [5.41, 5.74) is 0.806. The van der Waals surface area contributed by atoms with Crippen LogP contribution in [0.4, 0.5) is 5.69 Å². The maximum atomic E-state index is 12.5. The van der Waals surface area contributed by atoms with Gasteiger partial charge in [0.1, 0.15) is 6.17 Å². The molecule has 21 heavy (non-hydrogen) atoms. The van der Waals surface area contributed by atoms with Crippen LogP contribution in [0.2, 0.25) is 0 Å². The van der Waals surface area contributed by atoms with Crippen LogP contribution in [0, 0.1) is 16.0 Å². The number of amides is 1. The van der Waals surface area contributed by atoms with Crippen molar-refractivity contribution in [3.8, 4) is 0 Å². The largest absolute Gasteiger partial charge is 0.322 e. The van der Waals surface area contributed by atoms with E-state index in [1.165, 1.54) is 12.1 Å². The summed E-state index contributed by atoms with van der Waals surface area (Å²) in [7, 11) is 0. The summed E-state index contributed by atoms with van der Waals surface area (Å²) in [5.74, 6) is 0.254. The molecule has 0 spiro atoms. The summed E-state index contributed by atoms with van der Waals surface area (Å²) in [6, 6.07) is 6.25. The molecule has 1 aromatic carbocycles. The second-order valence-corrected chi connectivity index (χ2v) is 5.67. The van der Waals surface area contributed by atoms with Crippen LogP contribution in [-0.2, 0) is 4.79 Å². The van der Waals surface area contributed by atoms with Crippen molar-refractivity contribution in [3.05, 3.63) is 39.9 Å². The SMILES string of the molecule is CCCN1C(=O)C(C(C)C)NC1c1cccc([N+](=O)[O-])c1. The van der Waals surface area contributed by atoms with E-state index in [-0.39, 0.29) is 29.7 Å². The lowest BCUT2D eigenvalue weighted by molar-refractivity contribution is -0.385. The molecule has 1 saturated heterocycles. The first kappa shape index (κ1) is 15.4. The summed E-state index contributed by atoms with van der Waals surface area (Å²) in [6.45, 7) is 6.65. The Bertz CT molecular complexity index is 545. The van der Waals surface area contributed by atoms with Gasteiger partial charge in [0.05, 0.1) is 11.0 Å². The zero-order chi connectivity index (χ0) is 15.6. The van der Waals surface area contributed by atoms with Crippen LogP contribution < -0.4 is 5.32 Å². The molecule has 1 aromatic rings. The summed E-state index contributed by atoms with van der Waals surface area (Å²) in [5, 5.41) is 14.2. The molecule has 0 saturated carbocycles. The van der Waals surface area contributed by atoms with Crippen LogP contribution in [0.3, 0.4) is 0 Å². The van der Waals surface area contributed by atoms with E-state index in [1.54, 1.807) is 11.0 Å². The molecule has 2 unspecified atom stereocenters. The van der Waals surface area contributed by atoms with E-state index in [9.17, 15) is 14.9 Å². The fourth-order valence-electron chi connectivity index (χ4n) is 2.68. The average molecular weight is 291 g/mol. The molecule has 2 atom stereocenters. The fourth-order valence-corrected chi connectivity index (χ4v) is 2.68. The molecular formula is C15H21N3O3. The molecule has 114 valence electrons. The van der Waals surface area contributed by atoms with Gasteiger partial charge in [0.2, 0.25) is 5.91 Å². The van der Waals surface area contributed by atoms with Gasteiger partial charge in [-0.05, 0) is 17.9 Å². The van der Waals surface area contributed by atoms with Gasteiger partial charge in [-0.3, -0.25) is 20.2 Å². The number of hydrogen-bond acceptors (Lipinski definition) is 4. The van der Waals surface area contributed by atoms with Gasteiger partial charge in [0, 0.05) is 18.7 Å². The van der Waals surface area contributed by atoms with Gasteiger partial charge >= 0.3 is 0 Å². The first-order valence-corrected chi connectivity index (χ1v) is 7.26. The Morgan fingerprint density at radius 1 is 1.43 bits per heavy atom. The molecule has 1 aliphatic heterocycles. The third-order valence-electron chi connectivity index (χ3n) is 3.73. The Morgan fingerprint density at radius 3 is 2.71 bits per heavy atom. The second kappa shape index (κ2) is 6.22. The van der Waals surface area contributed by atoms with Crippen LogP contribution in [0.15, 0.2) is 24.3 Å². The molecule has 0 aliphatic carbocycles. The summed E-state index contributed by atoms with van der Waals surface area (Å²) in [6.07, 6.45) is 0.564.